The molecule has 1 amide bonds. The first-order valence-corrected chi connectivity index (χ1v) is 6.39. The van der Waals surface area contributed by atoms with Crippen LogP contribution in [-0.2, 0) is 6.54 Å². The molecule has 6 heteroatoms. The molecular weight excluding hydrogens is 266 g/mol. The summed E-state index contributed by atoms with van der Waals surface area (Å²) in [5.74, 6) is 5.31. The van der Waals surface area contributed by atoms with Crippen LogP contribution in [0.15, 0.2) is 30.9 Å². The molecule has 2 rings (SSSR count). The molecule has 0 radical (unpaired) electrons. The average molecular weight is 281 g/mol. The molecule has 0 atom stereocenters. The number of hydrogen-bond acceptors (Lipinski definition) is 5. The summed E-state index contributed by atoms with van der Waals surface area (Å²) >= 11 is 0. The van der Waals surface area contributed by atoms with Gasteiger partial charge < -0.3 is 11.1 Å². The molecule has 0 aliphatic carbocycles. The average Bonchev–Trinajstić information content (AvgIpc) is 2.52. The molecule has 0 saturated carbocycles. The summed E-state index contributed by atoms with van der Waals surface area (Å²) in [6, 6.07) is 1.62. The zero-order valence-electron chi connectivity index (χ0n) is 11.6. The van der Waals surface area contributed by atoms with Crippen molar-refractivity contribution in [2.24, 2.45) is 5.73 Å². The van der Waals surface area contributed by atoms with E-state index < -0.39 is 0 Å². The third-order valence-electron chi connectivity index (χ3n) is 2.66. The fourth-order valence-corrected chi connectivity index (χ4v) is 1.61. The van der Waals surface area contributed by atoms with Crippen LogP contribution in [0.25, 0.3) is 0 Å². The summed E-state index contributed by atoms with van der Waals surface area (Å²) in [5, 5.41) is 2.78. The number of nitrogens with one attached hydrogen (secondary N) is 1. The van der Waals surface area contributed by atoms with Crippen LogP contribution in [0, 0.1) is 18.8 Å². The van der Waals surface area contributed by atoms with Crippen molar-refractivity contribution in [3.63, 3.8) is 0 Å². The van der Waals surface area contributed by atoms with Gasteiger partial charge in [0, 0.05) is 18.6 Å². The smallest absolute Gasteiger partial charge is 0.252 e. The van der Waals surface area contributed by atoms with Gasteiger partial charge in [-0.3, -0.25) is 19.7 Å². The molecule has 0 aliphatic rings. The third kappa shape index (κ3) is 4.09. The largest absolute Gasteiger partial charge is 0.346 e. The highest BCUT2D eigenvalue weighted by molar-refractivity contribution is 5.96. The van der Waals surface area contributed by atoms with Crippen molar-refractivity contribution in [3.8, 4) is 11.8 Å². The zero-order valence-corrected chi connectivity index (χ0v) is 11.6. The Labute approximate surface area is 122 Å². The van der Waals surface area contributed by atoms with Gasteiger partial charge in [0.2, 0.25) is 0 Å². The van der Waals surface area contributed by atoms with Gasteiger partial charge in [0.1, 0.15) is 0 Å². The highest BCUT2D eigenvalue weighted by Crippen LogP contribution is 2.05. The molecule has 6 nitrogen and oxygen atoms in total. The maximum atomic E-state index is 12.2. The molecular formula is C15H15N5O. The lowest BCUT2D eigenvalue weighted by Crippen LogP contribution is -2.24. The van der Waals surface area contributed by atoms with E-state index in [2.05, 4.69) is 32.1 Å². The minimum Gasteiger partial charge on any atom is -0.346 e. The normalized spacial score (nSPS) is 9.62. The molecule has 0 aromatic carbocycles. The Morgan fingerprint density at radius 3 is 2.90 bits per heavy atom. The van der Waals surface area contributed by atoms with Gasteiger partial charge in [0.05, 0.1) is 41.8 Å². The lowest BCUT2D eigenvalue weighted by molar-refractivity contribution is 0.0950. The minimum atomic E-state index is -0.235. The fraction of sp³-hybridized carbons (Fsp3) is 0.200. The quantitative estimate of drug-likeness (QED) is 0.795. The van der Waals surface area contributed by atoms with Crippen LogP contribution >= 0.6 is 0 Å². The van der Waals surface area contributed by atoms with Crippen LogP contribution in [-0.4, -0.2) is 27.4 Å². The standard InChI is InChI=1S/C15H15N5O/c1-11-7-19-13(9-18-11)10-20-15(21)14-4-6-17-8-12(14)3-2-5-16/h4,6-9H,5,10,16H2,1H3,(H,20,21). The van der Waals surface area contributed by atoms with E-state index in [1.54, 1.807) is 30.9 Å². The van der Waals surface area contributed by atoms with E-state index >= 15 is 0 Å². The molecule has 2 aromatic rings. The zero-order chi connectivity index (χ0) is 15.1. The summed E-state index contributed by atoms with van der Waals surface area (Å²) in [4.78, 5) is 24.5. The predicted molar refractivity (Wildman–Crippen MR) is 78.1 cm³/mol. The second-order valence-corrected chi connectivity index (χ2v) is 4.26. The molecule has 21 heavy (non-hydrogen) atoms. The topological polar surface area (TPSA) is 93.8 Å². The number of carbonyl (C=O) groups is 1. The van der Waals surface area contributed by atoms with Crippen LogP contribution in [0.4, 0.5) is 0 Å². The number of aromatic nitrogens is 3. The highest BCUT2D eigenvalue weighted by Gasteiger charge is 2.10. The summed E-state index contributed by atoms with van der Waals surface area (Å²) in [6.45, 7) is 2.39. The Morgan fingerprint density at radius 1 is 1.33 bits per heavy atom. The molecule has 2 aromatic heterocycles. The van der Waals surface area contributed by atoms with E-state index in [0.717, 1.165) is 5.69 Å². The number of aryl methyl sites for hydroxylation is 1. The van der Waals surface area contributed by atoms with Crippen molar-refractivity contribution >= 4 is 5.91 Å². The SMILES string of the molecule is Cc1cnc(CNC(=O)c2ccncc2C#CCN)cn1. The summed E-state index contributed by atoms with van der Waals surface area (Å²) in [5.41, 5.74) is 7.88. The molecule has 0 bridgehead atoms. The number of carbonyl (C=O) groups excluding carboxylic acids is 1. The van der Waals surface area contributed by atoms with Crippen molar-refractivity contribution in [2.75, 3.05) is 6.54 Å². The molecule has 0 fully saturated rings. The number of hydrogen-bond donors (Lipinski definition) is 2. The van der Waals surface area contributed by atoms with Crippen LogP contribution in [0.1, 0.15) is 27.3 Å². The Balaban J connectivity index is 2.08. The summed E-state index contributed by atoms with van der Waals surface area (Å²) < 4.78 is 0. The number of amides is 1. The van der Waals surface area contributed by atoms with E-state index in [4.69, 9.17) is 5.73 Å². The van der Waals surface area contributed by atoms with Gasteiger partial charge >= 0.3 is 0 Å². The van der Waals surface area contributed by atoms with Crippen molar-refractivity contribution in [1.29, 1.82) is 0 Å². The number of rotatable bonds is 3. The van der Waals surface area contributed by atoms with E-state index in [-0.39, 0.29) is 12.5 Å². The second kappa shape index (κ2) is 7.12. The number of nitrogens with zero attached hydrogens (tertiary/aromatic N) is 3. The van der Waals surface area contributed by atoms with Crippen LogP contribution in [0.3, 0.4) is 0 Å². The molecule has 0 spiro atoms. The van der Waals surface area contributed by atoms with Gasteiger partial charge in [0.25, 0.3) is 5.91 Å². The molecule has 0 unspecified atom stereocenters. The van der Waals surface area contributed by atoms with Gasteiger partial charge in [-0.1, -0.05) is 11.8 Å². The monoisotopic (exact) mass is 281 g/mol. The minimum absolute atomic E-state index is 0.231. The molecule has 106 valence electrons. The van der Waals surface area contributed by atoms with Crippen molar-refractivity contribution in [3.05, 3.63) is 53.4 Å². The van der Waals surface area contributed by atoms with Gasteiger partial charge in [-0.2, -0.15) is 0 Å². The Morgan fingerprint density at radius 2 is 2.19 bits per heavy atom. The highest BCUT2D eigenvalue weighted by atomic mass is 16.1. The lowest BCUT2D eigenvalue weighted by Gasteiger charge is -2.06. The van der Waals surface area contributed by atoms with Gasteiger partial charge in [0.15, 0.2) is 0 Å². The summed E-state index contributed by atoms with van der Waals surface area (Å²) in [7, 11) is 0. The first kappa shape index (κ1) is 14.6. The number of pyridine rings is 1. The summed E-state index contributed by atoms with van der Waals surface area (Å²) in [6.07, 6.45) is 6.39. The maximum Gasteiger partial charge on any atom is 0.252 e. The maximum absolute atomic E-state index is 12.2. The van der Waals surface area contributed by atoms with E-state index in [0.29, 0.717) is 23.4 Å². The second-order valence-electron chi connectivity index (χ2n) is 4.26. The van der Waals surface area contributed by atoms with Crippen molar-refractivity contribution in [1.82, 2.24) is 20.3 Å². The first-order valence-electron chi connectivity index (χ1n) is 6.39. The third-order valence-corrected chi connectivity index (χ3v) is 2.66. The van der Waals surface area contributed by atoms with Crippen molar-refractivity contribution in [2.45, 2.75) is 13.5 Å². The van der Waals surface area contributed by atoms with Gasteiger partial charge in [-0.25, -0.2) is 0 Å². The Kier molecular flexibility index (Phi) is 4.96. The number of nitrogens with two attached hydrogens (primary N) is 1. The van der Waals surface area contributed by atoms with Crippen LogP contribution in [0.5, 0.6) is 0 Å². The lowest BCUT2D eigenvalue weighted by atomic mass is 10.1. The van der Waals surface area contributed by atoms with Gasteiger partial charge in [-0.05, 0) is 13.0 Å². The van der Waals surface area contributed by atoms with E-state index in [1.165, 1.54) is 0 Å². The first-order chi connectivity index (χ1) is 10.2. The van der Waals surface area contributed by atoms with Crippen molar-refractivity contribution < 1.29 is 4.79 Å². The Hall–Kier alpha value is -2.78. The van der Waals surface area contributed by atoms with Gasteiger partial charge in [-0.15, -0.1) is 0 Å². The molecule has 3 N–H and O–H groups in total. The fourth-order valence-electron chi connectivity index (χ4n) is 1.61. The van der Waals surface area contributed by atoms with E-state index in [1.807, 2.05) is 6.92 Å². The van der Waals surface area contributed by atoms with Crippen LogP contribution < -0.4 is 11.1 Å². The Bertz CT molecular complexity index is 685. The van der Waals surface area contributed by atoms with Crippen LogP contribution in [0.2, 0.25) is 0 Å². The van der Waals surface area contributed by atoms with E-state index in [9.17, 15) is 4.79 Å². The molecule has 0 aliphatic heterocycles. The molecule has 2 heterocycles. The molecule has 0 saturated heterocycles. The predicted octanol–water partition coefficient (Wildman–Crippen LogP) is 0.420.